The van der Waals surface area contributed by atoms with E-state index in [1.807, 2.05) is 30.5 Å². The molecule has 0 spiro atoms. The van der Waals surface area contributed by atoms with Crippen LogP contribution in [-0.2, 0) is 19.3 Å². The van der Waals surface area contributed by atoms with E-state index in [1.165, 1.54) is 10.7 Å². The van der Waals surface area contributed by atoms with Crippen LogP contribution < -0.4 is 10.6 Å². The van der Waals surface area contributed by atoms with Gasteiger partial charge in [-0.3, -0.25) is 9.36 Å². The minimum Gasteiger partial charge on any atom is -0.362 e. The maximum absolute atomic E-state index is 13.0. The molecule has 0 amide bonds. The Morgan fingerprint density at radius 2 is 2.00 bits per heavy atom. The van der Waals surface area contributed by atoms with Crippen LogP contribution in [-0.4, -0.2) is 31.2 Å². The van der Waals surface area contributed by atoms with Gasteiger partial charge in [-0.15, -0.1) is 0 Å². The van der Waals surface area contributed by atoms with Crippen LogP contribution in [0.4, 0.5) is 19.0 Å². The summed E-state index contributed by atoms with van der Waals surface area (Å²) in [5.74, 6) is 0.736. The number of rotatable bonds is 8. The third-order valence-corrected chi connectivity index (χ3v) is 6.36. The van der Waals surface area contributed by atoms with Crippen molar-refractivity contribution in [2.45, 2.75) is 44.4 Å². The third-order valence-electron chi connectivity index (χ3n) is 5.17. The number of aromatic nitrogens is 4. The summed E-state index contributed by atoms with van der Waals surface area (Å²) < 4.78 is 43.0. The molecule has 1 aliphatic carbocycles. The molecule has 4 rings (SSSR count). The van der Waals surface area contributed by atoms with E-state index in [-0.39, 0.29) is 5.92 Å². The van der Waals surface area contributed by atoms with Crippen LogP contribution in [0.1, 0.15) is 42.1 Å². The number of hydrogen-bond donors (Lipinski definition) is 2. The second-order valence-corrected chi connectivity index (χ2v) is 9.47. The van der Waals surface area contributed by atoms with E-state index in [0.717, 1.165) is 22.9 Å². The number of benzene rings is 1. The summed E-state index contributed by atoms with van der Waals surface area (Å²) >= 11 is 15.0. The lowest BCUT2D eigenvalue weighted by atomic mass is 10.2. The zero-order chi connectivity index (χ0) is 23.6. The number of hydrogen-bond acceptors (Lipinski definition) is 3. The Balaban J connectivity index is 1.27. The van der Waals surface area contributed by atoms with Crippen LogP contribution in [0.3, 0.4) is 0 Å². The number of nitrogens with one attached hydrogen (secondary N) is 2. The zero-order valence-corrected chi connectivity index (χ0v) is 20.5. The molecule has 1 aliphatic rings. The summed E-state index contributed by atoms with van der Waals surface area (Å²) in [4.78, 5) is 0. The first-order valence-corrected chi connectivity index (χ1v) is 11.9. The van der Waals surface area contributed by atoms with Crippen LogP contribution in [0.5, 0.6) is 0 Å². The molecular weight excluding hydrogens is 541 g/mol. The second-order valence-electron chi connectivity index (χ2n) is 7.80. The fraction of sp³-hybridized carbons (Fsp3) is 0.381. The van der Waals surface area contributed by atoms with Crippen molar-refractivity contribution < 1.29 is 13.2 Å². The van der Waals surface area contributed by atoms with Gasteiger partial charge >= 0.3 is 6.18 Å². The first-order valence-electron chi connectivity index (χ1n) is 10.4. The van der Waals surface area contributed by atoms with Crippen molar-refractivity contribution in [2.24, 2.45) is 0 Å². The van der Waals surface area contributed by atoms with E-state index in [2.05, 4.69) is 36.8 Å². The van der Waals surface area contributed by atoms with Crippen LogP contribution in [0, 0.1) is 0 Å². The SMILES string of the molecule is FC(F)(F)c1cc(C2CC2)n(CCCNC(=S)Nc2nn(Cc3ccccc3Cl)cc2Br)n1. The van der Waals surface area contributed by atoms with Crippen LogP contribution in [0.15, 0.2) is 41.0 Å². The average molecular weight is 562 g/mol. The predicted octanol–water partition coefficient (Wildman–Crippen LogP) is 5.82. The summed E-state index contributed by atoms with van der Waals surface area (Å²) in [7, 11) is 0. The van der Waals surface area contributed by atoms with E-state index in [4.69, 9.17) is 23.8 Å². The molecule has 0 bridgehead atoms. The van der Waals surface area contributed by atoms with Crippen molar-refractivity contribution in [2.75, 3.05) is 11.9 Å². The van der Waals surface area contributed by atoms with E-state index in [0.29, 0.717) is 47.7 Å². The largest absolute Gasteiger partial charge is 0.435 e. The highest BCUT2D eigenvalue weighted by Gasteiger charge is 2.37. The summed E-state index contributed by atoms with van der Waals surface area (Å²) in [6, 6.07) is 8.72. The van der Waals surface area contributed by atoms with Gasteiger partial charge in [0, 0.05) is 35.9 Å². The van der Waals surface area contributed by atoms with Crippen molar-refractivity contribution >= 4 is 50.7 Å². The topological polar surface area (TPSA) is 59.7 Å². The zero-order valence-electron chi connectivity index (χ0n) is 17.4. The van der Waals surface area contributed by atoms with Gasteiger partial charge in [0.15, 0.2) is 16.6 Å². The predicted molar refractivity (Wildman–Crippen MR) is 129 cm³/mol. The summed E-state index contributed by atoms with van der Waals surface area (Å²) in [6.07, 6.45) is -0.214. The fourth-order valence-corrected chi connectivity index (χ4v) is 4.21. The molecule has 0 radical (unpaired) electrons. The molecule has 3 aromatic rings. The van der Waals surface area contributed by atoms with Crippen molar-refractivity contribution in [3.8, 4) is 0 Å². The summed E-state index contributed by atoms with van der Waals surface area (Å²) in [5, 5.41) is 15.4. The molecule has 1 aromatic carbocycles. The Labute approximate surface area is 207 Å². The van der Waals surface area contributed by atoms with Gasteiger partial charge in [-0.05, 0) is 65.1 Å². The highest BCUT2D eigenvalue weighted by atomic mass is 79.9. The lowest BCUT2D eigenvalue weighted by Crippen LogP contribution is -2.30. The highest BCUT2D eigenvalue weighted by molar-refractivity contribution is 9.10. The van der Waals surface area contributed by atoms with Crippen molar-refractivity contribution in [1.29, 1.82) is 0 Å². The van der Waals surface area contributed by atoms with Gasteiger partial charge in [0.1, 0.15) is 0 Å². The molecule has 1 fully saturated rings. The summed E-state index contributed by atoms with van der Waals surface area (Å²) in [6.45, 7) is 1.37. The molecule has 176 valence electrons. The van der Waals surface area contributed by atoms with E-state index >= 15 is 0 Å². The monoisotopic (exact) mass is 560 g/mol. The van der Waals surface area contributed by atoms with E-state index in [9.17, 15) is 13.2 Å². The number of aryl methyl sites for hydroxylation is 1. The molecule has 2 aromatic heterocycles. The smallest absolute Gasteiger partial charge is 0.362 e. The number of alkyl halides is 3. The van der Waals surface area contributed by atoms with Gasteiger partial charge in [0.2, 0.25) is 0 Å². The molecule has 0 atom stereocenters. The minimum absolute atomic E-state index is 0.183. The average Bonchev–Trinajstić information content (AvgIpc) is 3.40. The third kappa shape index (κ3) is 6.27. The number of nitrogens with zero attached hydrogens (tertiary/aromatic N) is 4. The summed E-state index contributed by atoms with van der Waals surface area (Å²) in [5.41, 5.74) is 0.780. The fourth-order valence-electron chi connectivity index (χ4n) is 3.40. The Bertz CT molecular complexity index is 1140. The molecule has 2 N–H and O–H groups in total. The molecule has 12 heteroatoms. The van der Waals surface area contributed by atoms with Gasteiger partial charge in [-0.1, -0.05) is 29.8 Å². The molecular formula is C21H21BrClF3N6S. The Hall–Kier alpha value is -2.11. The molecule has 2 heterocycles. The lowest BCUT2D eigenvalue weighted by Gasteiger charge is -2.10. The molecule has 0 saturated heterocycles. The Morgan fingerprint density at radius 1 is 1.24 bits per heavy atom. The van der Waals surface area contributed by atoms with Gasteiger partial charge < -0.3 is 10.6 Å². The first-order chi connectivity index (χ1) is 15.7. The maximum atomic E-state index is 13.0. The molecule has 0 aliphatic heterocycles. The minimum atomic E-state index is -4.43. The van der Waals surface area contributed by atoms with Crippen molar-refractivity contribution in [3.05, 3.63) is 63.0 Å². The molecule has 1 saturated carbocycles. The highest BCUT2D eigenvalue weighted by Crippen LogP contribution is 2.42. The molecule has 33 heavy (non-hydrogen) atoms. The van der Waals surface area contributed by atoms with E-state index in [1.54, 1.807) is 4.68 Å². The number of thiocarbonyl (C=S) groups is 1. The number of halogens is 5. The normalized spacial score (nSPS) is 13.8. The van der Waals surface area contributed by atoms with Gasteiger partial charge in [0.05, 0.1) is 11.0 Å². The maximum Gasteiger partial charge on any atom is 0.435 e. The lowest BCUT2D eigenvalue weighted by molar-refractivity contribution is -0.141. The molecule has 6 nitrogen and oxygen atoms in total. The van der Waals surface area contributed by atoms with Crippen LogP contribution in [0.25, 0.3) is 0 Å². The van der Waals surface area contributed by atoms with Crippen LogP contribution in [0.2, 0.25) is 5.02 Å². The van der Waals surface area contributed by atoms with Gasteiger partial charge in [-0.25, -0.2) is 0 Å². The standard InChI is InChI=1S/C21H21BrClF3N6S/c22-15-12-31(11-14-4-1-2-5-16(14)23)30-19(15)28-20(33)27-8-3-9-32-17(13-6-7-13)10-18(29-32)21(24,25)26/h1-2,4-5,10,12-13H,3,6-9,11H2,(H2,27,28,30,33). The quantitative estimate of drug-likeness (QED) is 0.268. The van der Waals surface area contributed by atoms with E-state index < -0.39 is 11.9 Å². The number of anilines is 1. The van der Waals surface area contributed by atoms with Crippen LogP contribution >= 0.6 is 39.7 Å². The van der Waals surface area contributed by atoms with Crippen molar-refractivity contribution in [3.63, 3.8) is 0 Å². The van der Waals surface area contributed by atoms with Gasteiger partial charge in [0.25, 0.3) is 0 Å². The molecule has 0 unspecified atom stereocenters. The van der Waals surface area contributed by atoms with Crippen molar-refractivity contribution in [1.82, 2.24) is 24.9 Å². The first kappa shape index (κ1) is 24.0. The van der Waals surface area contributed by atoms with Gasteiger partial charge in [-0.2, -0.15) is 23.4 Å². The Morgan fingerprint density at radius 3 is 2.70 bits per heavy atom. The second kappa shape index (κ2) is 10.0. The Kier molecular flexibility index (Phi) is 7.30.